The Morgan fingerprint density at radius 3 is 2.24 bits per heavy atom. The highest BCUT2D eigenvalue weighted by atomic mass is 35.5. The van der Waals surface area contributed by atoms with Gasteiger partial charge in [0.1, 0.15) is 0 Å². The molecular formula is C18H19Cl2N. The monoisotopic (exact) mass is 319 g/mol. The van der Waals surface area contributed by atoms with Crippen molar-refractivity contribution in [1.29, 1.82) is 0 Å². The summed E-state index contributed by atoms with van der Waals surface area (Å²) in [6.45, 7) is 0. The number of rotatable bonds is 3. The fourth-order valence-electron chi connectivity index (χ4n) is 3.61. The van der Waals surface area contributed by atoms with Crippen molar-refractivity contribution < 1.29 is 0 Å². The van der Waals surface area contributed by atoms with Crippen LogP contribution in [0.1, 0.15) is 42.9 Å². The Morgan fingerprint density at radius 1 is 0.905 bits per heavy atom. The van der Waals surface area contributed by atoms with Crippen LogP contribution in [0, 0.1) is 0 Å². The lowest BCUT2D eigenvalue weighted by Gasteiger charge is -2.36. The molecule has 0 spiro atoms. The Kier molecular flexibility index (Phi) is 4.26. The SMILES string of the molecule is NC(c1cccc(Cl)c1Cl)C1(c2ccccc2)CCCC1. The number of hydrogen-bond donors (Lipinski definition) is 1. The molecule has 21 heavy (non-hydrogen) atoms. The van der Waals surface area contributed by atoms with E-state index in [0.717, 1.165) is 18.4 Å². The fourth-order valence-corrected chi connectivity index (χ4v) is 4.04. The van der Waals surface area contributed by atoms with Gasteiger partial charge in [-0.15, -0.1) is 0 Å². The summed E-state index contributed by atoms with van der Waals surface area (Å²) in [6.07, 6.45) is 4.61. The summed E-state index contributed by atoms with van der Waals surface area (Å²) in [5.74, 6) is 0. The molecule has 1 atom stereocenters. The van der Waals surface area contributed by atoms with Gasteiger partial charge in [-0.2, -0.15) is 0 Å². The fraction of sp³-hybridized carbons (Fsp3) is 0.333. The van der Waals surface area contributed by atoms with Crippen molar-refractivity contribution in [3.05, 3.63) is 69.7 Å². The Labute approximate surface area is 136 Å². The minimum absolute atomic E-state index is 0.0322. The molecule has 1 aliphatic carbocycles. The summed E-state index contributed by atoms with van der Waals surface area (Å²) in [6, 6.07) is 16.2. The van der Waals surface area contributed by atoms with E-state index in [9.17, 15) is 0 Å². The second kappa shape index (κ2) is 6.00. The molecule has 3 heteroatoms. The summed E-state index contributed by atoms with van der Waals surface area (Å²) >= 11 is 12.6. The Bertz CT molecular complexity index is 618. The molecule has 1 aliphatic rings. The average molecular weight is 320 g/mol. The van der Waals surface area contributed by atoms with Crippen molar-refractivity contribution in [3.63, 3.8) is 0 Å². The van der Waals surface area contributed by atoms with Gasteiger partial charge in [-0.05, 0) is 30.0 Å². The summed E-state index contributed by atoms with van der Waals surface area (Å²) < 4.78 is 0. The lowest BCUT2D eigenvalue weighted by atomic mass is 9.71. The van der Waals surface area contributed by atoms with Crippen LogP contribution in [0.3, 0.4) is 0 Å². The van der Waals surface area contributed by atoms with Crippen molar-refractivity contribution in [2.75, 3.05) is 0 Å². The van der Waals surface area contributed by atoms with Crippen LogP contribution in [0.15, 0.2) is 48.5 Å². The van der Waals surface area contributed by atoms with Crippen LogP contribution >= 0.6 is 23.2 Å². The summed E-state index contributed by atoms with van der Waals surface area (Å²) in [5, 5.41) is 1.17. The van der Waals surface area contributed by atoms with Crippen molar-refractivity contribution in [1.82, 2.24) is 0 Å². The molecule has 1 fully saturated rings. The van der Waals surface area contributed by atoms with E-state index >= 15 is 0 Å². The van der Waals surface area contributed by atoms with Crippen LogP contribution in [0.4, 0.5) is 0 Å². The van der Waals surface area contributed by atoms with Crippen LogP contribution in [0.2, 0.25) is 10.0 Å². The minimum Gasteiger partial charge on any atom is -0.323 e. The summed E-state index contributed by atoms with van der Waals surface area (Å²) in [4.78, 5) is 0. The predicted octanol–water partition coefficient (Wildman–Crippen LogP) is 5.51. The third kappa shape index (κ3) is 2.59. The van der Waals surface area contributed by atoms with Crippen LogP contribution in [-0.4, -0.2) is 0 Å². The number of halogens is 2. The van der Waals surface area contributed by atoms with Gasteiger partial charge in [0, 0.05) is 11.5 Å². The second-order valence-corrected chi connectivity index (χ2v) is 6.64. The van der Waals surface area contributed by atoms with Crippen molar-refractivity contribution in [2.24, 2.45) is 5.73 Å². The van der Waals surface area contributed by atoms with Gasteiger partial charge < -0.3 is 5.73 Å². The Balaban J connectivity index is 2.08. The van der Waals surface area contributed by atoms with Gasteiger partial charge in [0.15, 0.2) is 0 Å². The van der Waals surface area contributed by atoms with Gasteiger partial charge in [0.05, 0.1) is 10.0 Å². The maximum Gasteiger partial charge on any atom is 0.0640 e. The molecule has 0 aromatic heterocycles. The van der Waals surface area contributed by atoms with Gasteiger partial charge in [0.2, 0.25) is 0 Å². The molecule has 0 saturated heterocycles. The predicted molar refractivity (Wildman–Crippen MR) is 90.0 cm³/mol. The van der Waals surface area contributed by atoms with Crippen LogP contribution in [0.5, 0.6) is 0 Å². The number of nitrogens with two attached hydrogens (primary N) is 1. The second-order valence-electron chi connectivity index (χ2n) is 5.85. The van der Waals surface area contributed by atoms with Gasteiger partial charge in [-0.1, -0.05) is 78.5 Å². The maximum absolute atomic E-state index is 6.69. The summed E-state index contributed by atoms with van der Waals surface area (Å²) in [7, 11) is 0. The highest BCUT2D eigenvalue weighted by Gasteiger charge is 2.42. The highest BCUT2D eigenvalue weighted by molar-refractivity contribution is 6.42. The first-order valence-electron chi connectivity index (χ1n) is 7.40. The smallest absolute Gasteiger partial charge is 0.0640 e. The standard InChI is InChI=1S/C18H19Cl2N/c19-15-10-6-9-14(16(15)20)17(21)18(11-4-5-12-18)13-7-2-1-3-8-13/h1-3,6-10,17H,4-5,11-12,21H2. The molecule has 1 nitrogen and oxygen atoms in total. The topological polar surface area (TPSA) is 26.0 Å². The molecule has 2 aromatic rings. The first-order chi connectivity index (χ1) is 10.1. The van der Waals surface area contributed by atoms with E-state index in [2.05, 4.69) is 24.3 Å². The molecule has 3 rings (SSSR count). The Morgan fingerprint density at radius 2 is 1.57 bits per heavy atom. The number of hydrogen-bond acceptors (Lipinski definition) is 1. The van der Waals surface area contributed by atoms with E-state index in [1.165, 1.54) is 18.4 Å². The zero-order chi connectivity index (χ0) is 14.9. The molecule has 1 saturated carbocycles. The lowest BCUT2D eigenvalue weighted by Crippen LogP contribution is -2.36. The van der Waals surface area contributed by atoms with Crippen molar-refractivity contribution in [2.45, 2.75) is 37.1 Å². The van der Waals surface area contributed by atoms with Crippen LogP contribution in [0.25, 0.3) is 0 Å². The molecule has 110 valence electrons. The molecule has 1 unspecified atom stereocenters. The quantitative estimate of drug-likeness (QED) is 0.793. The van der Waals surface area contributed by atoms with Crippen LogP contribution < -0.4 is 5.73 Å². The van der Waals surface area contributed by atoms with Crippen LogP contribution in [-0.2, 0) is 5.41 Å². The molecule has 2 N–H and O–H groups in total. The zero-order valence-corrected chi connectivity index (χ0v) is 13.4. The van der Waals surface area contributed by atoms with Gasteiger partial charge in [0.25, 0.3) is 0 Å². The highest BCUT2D eigenvalue weighted by Crippen LogP contribution is 2.50. The van der Waals surface area contributed by atoms with E-state index in [1.807, 2.05) is 24.3 Å². The first kappa shape index (κ1) is 14.9. The van der Waals surface area contributed by atoms with Gasteiger partial charge in [-0.25, -0.2) is 0 Å². The normalized spacial score (nSPS) is 18.6. The first-order valence-corrected chi connectivity index (χ1v) is 8.16. The van der Waals surface area contributed by atoms with Gasteiger partial charge >= 0.3 is 0 Å². The molecular weight excluding hydrogens is 301 g/mol. The van der Waals surface area contributed by atoms with Crippen molar-refractivity contribution in [3.8, 4) is 0 Å². The molecule has 0 heterocycles. The lowest BCUT2D eigenvalue weighted by molar-refractivity contribution is 0.356. The van der Waals surface area contributed by atoms with E-state index in [0.29, 0.717) is 10.0 Å². The summed E-state index contributed by atoms with van der Waals surface area (Å²) in [5.41, 5.74) is 8.93. The van der Waals surface area contributed by atoms with Crippen molar-refractivity contribution >= 4 is 23.2 Å². The molecule has 2 aromatic carbocycles. The third-order valence-electron chi connectivity index (χ3n) is 4.76. The molecule has 0 aliphatic heterocycles. The molecule has 0 radical (unpaired) electrons. The third-order valence-corrected chi connectivity index (χ3v) is 5.59. The average Bonchev–Trinajstić information content (AvgIpc) is 3.01. The van der Waals surface area contributed by atoms with E-state index in [1.54, 1.807) is 0 Å². The zero-order valence-electron chi connectivity index (χ0n) is 11.9. The minimum atomic E-state index is -0.131. The molecule has 0 amide bonds. The molecule has 0 bridgehead atoms. The number of benzene rings is 2. The van der Waals surface area contributed by atoms with Gasteiger partial charge in [-0.3, -0.25) is 0 Å². The van der Waals surface area contributed by atoms with E-state index < -0.39 is 0 Å². The van der Waals surface area contributed by atoms with E-state index in [4.69, 9.17) is 28.9 Å². The Hall–Kier alpha value is -1.02. The largest absolute Gasteiger partial charge is 0.323 e. The maximum atomic E-state index is 6.69. The van der Waals surface area contributed by atoms with E-state index in [-0.39, 0.29) is 11.5 Å².